The number of aromatic nitrogens is 1. The van der Waals surface area contributed by atoms with E-state index in [9.17, 15) is 13.6 Å². The zero-order chi connectivity index (χ0) is 17.1. The van der Waals surface area contributed by atoms with Gasteiger partial charge in [0, 0.05) is 25.0 Å². The summed E-state index contributed by atoms with van der Waals surface area (Å²) in [5.41, 5.74) is 1.04. The molecule has 1 aromatic heterocycles. The highest BCUT2D eigenvalue weighted by molar-refractivity contribution is 5.81. The van der Waals surface area contributed by atoms with E-state index in [0.717, 1.165) is 30.5 Å². The average Bonchev–Trinajstić information content (AvgIpc) is 3.08. The van der Waals surface area contributed by atoms with Crippen LogP contribution in [0, 0.1) is 11.6 Å². The topological polar surface area (TPSA) is 42.4 Å². The van der Waals surface area contributed by atoms with Crippen LogP contribution in [0.2, 0.25) is 0 Å². The van der Waals surface area contributed by atoms with Crippen LogP contribution in [0.15, 0.2) is 42.7 Å². The molecule has 1 aliphatic heterocycles. The largest absolute Gasteiger partial charge is 0.481 e. The summed E-state index contributed by atoms with van der Waals surface area (Å²) in [6, 6.07) is 7.04. The van der Waals surface area contributed by atoms with Crippen LogP contribution < -0.4 is 4.74 Å². The molecule has 1 fully saturated rings. The molecule has 0 unspecified atom stereocenters. The number of rotatable bonds is 4. The molecule has 4 nitrogen and oxygen atoms in total. The van der Waals surface area contributed by atoms with Crippen molar-refractivity contribution >= 4 is 5.91 Å². The zero-order valence-electron chi connectivity index (χ0n) is 13.3. The van der Waals surface area contributed by atoms with E-state index in [-0.39, 0.29) is 17.7 Å². The van der Waals surface area contributed by atoms with Gasteiger partial charge in [-0.05, 0) is 49.6 Å². The molecule has 0 N–H and O–H groups in total. The summed E-state index contributed by atoms with van der Waals surface area (Å²) in [4.78, 5) is 18.5. The van der Waals surface area contributed by atoms with Gasteiger partial charge in [-0.1, -0.05) is 0 Å². The van der Waals surface area contributed by atoms with Gasteiger partial charge in [0.15, 0.2) is 17.7 Å². The fraction of sp³-hybridized carbons (Fsp3) is 0.333. The fourth-order valence-electron chi connectivity index (χ4n) is 3.00. The number of amides is 1. The molecule has 2 heterocycles. The van der Waals surface area contributed by atoms with E-state index >= 15 is 0 Å². The lowest BCUT2D eigenvalue weighted by atomic mass is 10.1. The second kappa shape index (κ2) is 6.95. The number of halogens is 2. The van der Waals surface area contributed by atoms with Gasteiger partial charge in [-0.3, -0.25) is 9.78 Å². The number of carbonyl (C=O) groups excluding carboxylic acids is 1. The highest BCUT2D eigenvalue weighted by atomic mass is 19.2. The van der Waals surface area contributed by atoms with Crippen molar-refractivity contribution in [3.63, 3.8) is 0 Å². The molecule has 0 spiro atoms. The molecule has 6 heteroatoms. The number of ether oxygens (including phenoxy) is 1. The van der Waals surface area contributed by atoms with Crippen molar-refractivity contribution in [3.05, 3.63) is 59.9 Å². The Bertz CT molecular complexity index is 724. The Morgan fingerprint density at radius 3 is 2.71 bits per heavy atom. The Balaban J connectivity index is 1.71. The van der Waals surface area contributed by atoms with E-state index in [4.69, 9.17) is 4.74 Å². The van der Waals surface area contributed by atoms with Crippen molar-refractivity contribution < 1.29 is 18.3 Å². The predicted octanol–water partition coefficient (Wildman–Crippen LogP) is 3.49. The Morgan fingerprint density at radius 1 is 1.25 bits per heavy atom. The molecule has 0 aliphatic carbocycles. The monoisotopic (exact) mass is 332 g/mol. The van der Waals surface area contributed by atoms with Crippen LogP contribution in [0.1, 0.15) is 31.4 Å². The molecule has 0 bridgehead atoms. The second-order valence-corrected chi connectivity index (χ2v) is 5.81. The first-order valence-corrected chi connectivity index (χ1v) is 7.88. The van der Waals surface area contributed by atoms with E-state index < -0.39 is 17.7 Å². The first kappa shape index (κ1) is 16.4. The normalized spacial score (nSPS) is 18.5. The Labute approximate surface area is 139 Å². The highest BCUT2D eigenvalue weighted by Crippen LogP contribution is 2.32. The summed E-state index contributed by atoms with van der Waals surface area (Å²) in [6.45, 7) is 2.27. The van der Waals surface area contributed by atoms with Crippen LogP contribution in [0.4, 0.5) is 8.78 Å². The second-order valence-electron chi connectivity index (χ2n) is 5.81. The maximum absolute atomic E-state index is 13.3. The SMILES string of the molecule is C[C@@H](Oc1ccc(F)c(F)c1)C(=O)N1CCC[C@H]1c1ccncc1. The van der Waals surface area contributed by atoms with Gasteiger partial charge in [-0.2, -0.15) is 0 Å². The van der Waals surface area contributed by atoms with E-state index in [1.165, 1.54) is 6.07 Å². The summed E-state index contributed by atoms with van der Waals surface area (Å²) in [6.07, 6.45) is 4.43. The number of hydrogen-bond acceptors (Lipinski definition) is 3. The van der Waals surface area contributed by atoms with Crippen LogP contribution in [-0.4, -0.2) is 28.4 Å². The van der Waals surface area contributed by atoms with E-state index in [0.29, 0.717) is 6.54 Å². The first-order valence-electron chi connectivity index (χ1n) is 7.88. The van der Waals surface area contributed by atoms with Gasteiger partial charge >= 0.3 is 0 Å². The maximum Gasteiger partial charge on any atom is 0.263 e. The molecule has 1 amide bonds. The average molecular weight is 332 g/mol. The molecular weight excluding hydrogens is 314 g/mol. The van der Waals surface area contributed by atoms with Crippen molar-refractivity contribution in [2.24, 2.45) is 0 Å². The molecule has 2 atom stereocenters. The molecule has 2 aromatic rings. The minimum Gasteiger partial charge on any atom is -0.481 e. The van der Waals surface area contributed by atoms with E-state index in [2.05, 4.69) is 4.98 Å². The lowest BCUT2D eigenvalue weighted by Gasteiger charge is -2.28. The van der Waals surface area contributed by atoms with Gasteiger partial charge in [-0.15, -0.1) is 0 Å². The van der Waals surface area contributed by atoms with Gasteiger partial charge < -0.3 is 9.64 Å². The van der Waals surface area contributed by atoms with E-state index in [1.54, 1.807) is 24.2 Å². The third-order valence-corrected chi connectivity index (χ3v) is 4.18. The number of hydrogen-bond donors (Lipinski definition) is 0. The van der Waals surface area contributed by atoms with Crippen LogP contribution in [0.3, 0.4) is 0 Å². The number of likely N-dealkylation sites (tertiary alicyclic amines) is 1. The van der Waals surface area contributed by atoms with Crippen molar-refractivity contribution in [2.45, 2.75) is 31.9 Å². The summed E-state index contributed by atoms with van der Waals surface area (Å²) in [5, 5.41) is 0. The Kier molecular flexibility index (Phi) is 4.74. The molecule has 0 radical (unpaired) electrons. The van der Waals surface area contributed by atoms with Crippen molar-refractivity contribution in [2.75, 3.05) is 6.54 Å². The summed E-state index contributed by atoms with van der Waals surface area (Å²) >= 11 is 0. The number of nitrogens with zero attached hydrogens (tertiary/aromatic N) is 2. The van der Waals surface area contributed by atoms with Crippen molar-refractivity contribution in [1.82, 2.24) is 9.88 Å². The number of pyridine rings is 1. The Morgan fingerprint density at radius 2 is 2.00 bits per heavy atom. The Hall–Kier alpha value is -2.50. The number of benzene rings is 1. The van der Waals surface area contributed by atoms with Crippen LogP contribution in [-0.2, 0) is 4.79 Å². The molecule has 3 rings (SSSR count). The van der Waals surface area contributed by atoms with Gasteiger partial charge in [-0.25, -0.2) is 8.78 Å². The van der Waals surface area contributed by atoms with E-state index in [1.807, 2.05) is 12.1 Å². The third kappa shape index (κ3) is 3.37. The minimum absolute atomic E-state index is 0.00324. The highest BCUT2D eigenvalue weighted by Gasteiger charge is 2.33. The van der Waals surface area contributed by atoms with Gasteiger partial charge in [0.05, 0.1) is 6.04 Å². The van der Waals surface area contributed by atoms with Crippen molar-refractivity contribution in [3.8, 4) is 5.75 Å². The quantitative estimate of drug-likeness (QED) is 0.861. The molecular formula is C18H18F2N2O2. The van der Waals surface area contributed by atoms with Gasteiger partial charge in [0.25, 0.3) is 5.91 Å². The predicted molar refractivity (Wildman–Crippen MR) is 84.4 cm³/mol. The third-order valence-electron chi connectivity index (χ3n) is 4.18. The lowest BCUT2D eigenvalue weighted by Crippen LogP contribution is -2.40. The van der Waals surface area contributed by atoms with Crippen molar-refractivity contribution in [1.29, 1.82) is 0 Å². The first-order chi connectivity index (χ1) is 11.6. The molecule has 1 saturated heterocycles. The van der Waals surface area contributed by atoms with Gasteiger partial charge in [0.1, 0.15) is 5.75 Å². The fourth-order valence-corrected chi connectivity index (χ4v) is 3.00. The van der Waals surface area contributed by atoms with Crippen LogP contribution in [0.25, 0.3) is 0 Å². The molecule has 126 valence electrons. The summed E-state index contributed by atoms with van der Waals surface area (Å²) in [7, 11) is 0. The standard InChI is InChI=1S/C18H18F2N2O2/c1-12(24-14-4-5-15(19)16(20)11-14)18(23)22-10-2-3-17(22)13-6-8-21-9-7-13/h4-9,11-12,17H,2-3,10H2,1H3/t12-,17+/m1/s1. The lowest BCUT2D eigenvalue weighted by molar-refractivity contribution is -0.138. The van der Waals surface area contributed by atoms with Crippen LogP contribution in [0.5, 0.6) is 5.75 Å². The number of carbonyl (C=O) groups is 1. The molecule has 1 aliphatic rings. The molecule has 0 saturated carbocycles. The smallest absolute Gasteiger partial charge is 0.263 e. The molecule has 1 aromatic carbocycles. The summed E-state index contributed by atoms with van der Waals surface area (Å²) < 4.78 is 31.7. The molecule has 24 heavy (non-hydrogen) atoms. The zero-order valence-corrected chi connectivity index (χ0v) is 13.3. The summed E-state index contributed by atoms with van der Waals surface area (Å²) in [5.74, 6) is -1.98. The maximum atomic E-state index is 13.3. The van der Waals surface area contributed by atoms with Gasteiger partial charge in [0.2, 0.25) is 0 Å². The van der Waals surface area contributed by atoms with Crippen LogP contribution >= 0.6 is 0 Å². The minimum atomic E-state index is -0.997.